The zero-order valence-electron chi connectivity index (χ0n) is 10.3. The summed E-state index contributed by atoms with van der Waals surface area (Å²) >= 11 is 0. The summed E-state index contributed by atoms with van der Waals surface area (Å²) in [5.74, 6) is 0.562. The molecule has 1 rings (SSSR count). The summed E-state index contributed by atoms with van der Waals surface area (Å²) in [6, 6.07) is 6.33. The topological polar surface area (TPSA) is 67.2 Å². The van der Waals surface area contributed by atoms with Crippen molar-refractivity contribution >= 4 is 19.7 Å². The number of halogens is 1. The minimum atomic E-state index is -3.76. The van der Waals surface area contributed by atoms with Gasteiger partial charge >= 0.3 is 0 Å². The third kappa shape index (κ3) is 3.62. The van der Waals surface area contributed by atoms with Gasteiger partial charge in [-0.3, -0.25) is 0 Å². The lowest BCUT2D eigenvalue weighted by atomic mass is 10.0. The molecule has 0 N–H and O–H groups in total. The monoisotopic (exact) mass is 287 g/mol. The summed E-state index contributed by atoms with van der Waals surface area (Å²) in [4.78, 5) is 0.0322. The molecule has 1 atom stereocenters. The van der Waals surface area contributed by atoms with Crippen LogP contribution in [0.25, 0.3) is 0 Å². The average molecular weight is 288 g/mol. The maximum Gasteiger partial charge on any atom is 0.261 e. The Bertz CT molecular complexity index is 575. The minimum Gasteiger partial charge on any atom is -0.476 e. The third-order valence-corrected chi connectivity index (χ3v) is 3.72. The number of hydrogen-bond acceptors (Lipinski definition) is 4. The van der Waals surface area contributed by atoms with E-state index in [1.54, 1.807) is 6.92 Å². The minimum absolute atomic E-state index is 0.0322. The fourth-order valence-corrected chi connectivity index (χ4v) is 2.24. The third-order valence-electron chi connectivity index (χ3n) is 2.37. The van der Waals surface area contributed by atoms with Crippen molar-refractivity contribution in [3.8, 4) is 11.8 Å². The van der Waals surface area contributed by atoms with Crippen LogP contribution in [0, 0.1) is 11.3 Å². The number of benzene rings is 1. The van der Waals surface area contributed by atoms with Gasteiger partial charge in [0.2, 0.25) is 0 Å². The molecule has 1 aromatic carbocycles. The SMILES string of the molecule is CC(C#N)Oc1ccc(S(=O)(=O)Cl)cc1C(C)C. The smallest absolute Gasteiger partial charge is 0.261 e. The first-order chi connectivity index (χ1) is 8.25. The van der Waals surface area contributed by atoms with E-state index in [2.05, 4.69) is 0 Å². The Hall–Kier alpha value is -1.25. The van der Waals surface area contributed by atoms with E-state index in [1.165, 1.54) is 18.2 Å². The molecule has 4 nitrogen and oxygen atoms in total. The van der Waals surface area contributed by atoms with Crippen LogP contribution in [0.5, 0.6) is 5.75 Å². The molecule has 18 heavy (non-hydrogen) atoms. The Kier molecular flexibility index (Phi) is 4.60. The molecule has 0 saturated carbocycles. The van der Waals surface area contributed by atoms with Gasteiger partial charge in [-0.1, -0.05) is 13.8 Å². The molecule has 0 aliphatic heterocycles. The lowest BCUT2D eigenvalue weighted by Crippen LogP contribution is -2.10. The second-order valence-corrected chi connectivity index (χ2v) is 6.75. The van der Waals surface area contributed by atoms with Crippen molar-refractivity contribution in [2.75, 3.05) is 0 Å². The molecule has 0 aliphatic rings. The van der Waals surface area contributed by atoms with E-state index in [0.717, 1.165) is 0 Å². The maximum atomic E-state index is 11.3. The number of nitriles is 1. The first-order valence-electron chi connectivity index (χ1n) is 5.40. The van der Waals surface area contributed by atoms with Crippen LogP contribution >= 0.6 is 10.7 Å². The van der Waals surface area contributed by atoms with Crippen LogP contribution < -0.4 is 4.74 Å². The Morgan fingerprint density at radius 3 is 2.39 bits per heavy atom. The molecule has 0 spiro atoms. The molecule has 0 fully saturated rings. The highest BCUT2D eigenvalue weighted by Crippen LogP contribution is 2.30. The normalized spacial score (nSPS) is 13.1. The van der Waals surface area contributed by atoms with Crippen LogP contribution in [0.2, 0.25) is 0 Å². The summed E-state index contributed by atoms with van der Waals surface area (Å²) in [6.45, 7) is 5.43. The molecule has 0 amide bonds. The van der Waals surface area contributed by atoms with E-state index in [-0.39, 0.29) is 10.8 Å². The van der Waals surface area contributed by atoms with Crippen molar-refractivity contribution in [2.45, 2.75) is 37.7 Å². The number of hydrogen-bond donors (Lipinski definition) is 0. The largest absolute Gasteiger partial charge is 0.476 e. The molecular formula is C12H14ClNO3S. The zero-order valence-corrected chi connectivity index (χ0v) is 11.9. The highest BCUT2D eigenvalue weighted by Gasteiger charge is 2.16. The lowest BCUT2D eigenvalue weighted by molar-refractivity contribution is 0.272. The van der Waals surface area contributed by atoms with Crippen molar-refractivity contribution in [3.05, 3.63) is 23.8 Å². The van der Waals surface area contributed by atoms with Gasteiger partial charge < -0.3 is 4.74 Å². The van der Waals surface area contributed by atoms with E-state index >= 15 is 0 Å². The quantitative estimate of drug-likeness (QED) is 0.798. The van der Waals surface area contributed by atoms with Crippen LogP contribution in [0.1, 0.15) is 32.3 Å². The van der Waals surface area contributed by atoms with Gasteiger partial charge in [0.25, 0.3) is 9.05 Å². The predicted molar refractivity (Wildman–Crippen MR) is 69.3 cm³/mol. The molecule has 0 radical (unpaired) electrons. The van der Waals surface area contributed by atoms with E-state index in [0.29, 0.717) is 11.3 Å². The summed E-state index contributed by atoms with van der Waals surface area (Å²) in [7, 11) is 1.54. The lowest BCUT2D eigenvalue weighted by Gasteiger charge is -2.15. The second-order valence-electron chi connectivity index (χ2n) is 4.18. The van der Waals surface area contributed by atoms with Gasteiger partial charge in [-0.2, -0.15) is 5.26 Å². The zero-order chi connectivity index (χ0) is 13.9. The molecule has 0 bridgehead atoms. The molecule has 0 aliphatic carbocycles. The van der Waals surface area contributed by atoms with Crippen molar-refractivity contribution < 1.29 is 13.2 Å². The average Bonchev–Trinajstić information content (AvgIpc) is 2.27. The molecule has 0 aromatic heterocycles. The number of ether oxygens (including phenoxy) is 1. The van der Waals surface area contributed by atoms with Crippen molar-refractivity contribution in [3.63, 3.8) is 0 Å². The summed E-state index contributed by atoms with van der Waals surface area (Å²) in [6.07, 6.45) is -0.596. The van der Waals surface area contributed by atoms with E-state index < -0.39 is 15.2 Å². The molecule has 98 valence electrons. The van der Waals surface area contributed by atoms with Crippen molar-refractivity contribution in [2.24, 2.45) is 0 Å². The first-order valence-corrected chi connectivity index (χ1v) is 7.71. The Balaban J connectivity index is 3.26. The number of nitrogens with zero attached hydrogens (tertiary/aromatic N) is 1. The van der Waals surface area contributed by atoms with Gasteiger partial charge in [0, 0.05) is 10.7 Å². The Morgan fingerprint density at radius 2 is 1.94 bits per heavy atom. The fourth-order valence-electron chi connectivity index (χ4n) is 1.45. The molecule has 6 heteroatoms. The molecule has 0 saturated heterocycles. The van der Waals surface area contributed by atoms with Crippen molar-refractivity contribution in [1.29, 1.82) is 5.26 Å². The standard InChI is InChI=1S/C12H14ClNO3S/c1-8(2)11-6-10(18(13,15)16)4-5-12(11)17-9(3)7-14/h4-6,8-9H,1-3H3. The first kappa shape index (κ1) is 14.8. The van der Waals surface area contributed by atoms with Crippen LogP contribution in [0.4, 0.5) is 0 Å². The van der Waals surface area contributed by atoms with E-state index in [9.17, 15) is 8.42 Å². The summed E-state index contributed by atoms with van der Waals surface area (Å²) < 4.78 is 28.0. The van der Waals surface area contributed by atoms with Gasteiger partial charge in [0.05, 0.1) is 4.90 Å². The highest BCUT2D eigenvalue weighted by atomic mass is 35.7. The molecule has 1 aromatic rings. The van der Waals surface area contributed by atoms with E-state index in [1.807, 2.05) is 19.9 Å². The predicted octanol–water partition coefficient (Wildman–Crippen LogP) is 3.03. The van der Waals surface area contributed by atoms with Crippen molar-refractivity contribution in [1.82, 2.24) is 0 Å². The van der Waals surface area contributed by atoms with Crippen LogP contribution in [-0.4, -0.2) is 14.5 Å². The van der Waals surface area contributed by atoms with Crippen LogP contribution in [0.15, 0.2) is 23.1 Å². The van der Waals surface area contributed by atoms with Crippen LogP contribution in [-0.2, 0) is 9.05 Å². The molecule has 0 heterocycles. The molecular weight excluding hydrogens is 274 g/mol. The Morgan fingerprint density at radius 1 is 1.33 bits per heavy atom. The Labute approximate surface area is 112 Å². The fraction of sp³-hybridized carbons (Fsp3) is 0.417. The van der Waals surface area contributed by atoms with Gasteiger partial charge in [-0.05, 0) is 36.6 Å². The van der Waals surface area contributed by atoms with Gasteiger partial charge in [0.1, 0.15) is 11.8 Å². The van der Waals surface area contributed by atoms with Gasteiger partial charge in [0.15, 0.2) is 6.10 Å². The van der Waals surface area contributed by atoms with Gasteiger partial charge in [-0.15, -0.1) is 0 Å². The maximum absolute atomic E-state index is 11.3. The summed E-state index contributed by atoms with van der Waals surface area (Å²) in [5, 5.41) is 8.72. The van der Waals surface area contributed by atoms with E-state index in [4.69, 9.17) is 20.7 Å². The van der Waals surface area contributed by atoms with Crippen LogP contribution in [0.3, 0.4) is 0 Å². The highest BCUT2D eigenvalue weighted by molar-refractivity contribution is 8.13. The summed E-state index contributed by atoms with van der Waals surface area (Å²) in [5.41, 5.74) is 0.707. The second kappa shape index (κ2) is 5.59. The van der Waals surface area contributed by atoms with Gasteiger partial charge in [-0.25, -0.2) is 8.42 Å². The molecule has 1 unspecified atom stereocenters. The number of rotatable bonds is 4.